The van der Waals surface area contributed by atoms with Crippen LogP contribution in [0.15, 0.2) is 28.7 Å². The fraction of sp³-hybridized carbons (Fsp3) is 0.391. The monoisotopic (exact) mass is 514 g/mol. The van der Waals surface area contributed by atoms with Gasteiger partial charge in [-0.25, -0.2) is 14.5 Å². The minimum Gasteiger partial charge on any atom is -0.334 e. The van der Waals surface area contributed by atoms with Crippen LogP contribution in [0.4, 0.5) is 10.5 Å². The van der Waals surface area contributed by atoms with Crippen LogP contribution >= 0.6 is 11.3 Å². The van der Waals surface area contributed by atoms with E-state index in [4.69, 9.17) is 0 Å². The molecule has 12 heteroatoms. The molecule has 2 heterocycles. The number of benzene rings is 1. The van der Waals surface area contributed by atoms with E-state index in [1.807, 2.05) is 5.38 Å². The highest BCUT2D eigenvalue weighted by Crippen LogP contribution is 2.38. The van der Waals surface area contributed by atoms with Gasteiger partial charge in [0.25, 0.3) is 15.9 Å². The third kappa shape index (κ3) is 4.55. The summed E-state index contributed by atoms with van der Waals surface area (Å²) in [4.78, 5) is 31.2. The Bertz CT molecular complexity index is 1380. The number of nitrogens with one attached hydrogen (secondary N) is 2. The number of amides is 3. The van der Waals surface area contributed by atoms with Crippen LogP contribution in [0.3, 0.4) is 0 Å². The van der Waals surface area contributed by atoms with Crippen molar-refractivity contribution >= 4 is 39.0 Å². The fourth-order valence-electron chi connectivity index (χ4n) is 4.85. The van der Waals surface area contributed by atoms with Crippen molar-refractivity contribution in [3.8, 4) is 0 Å². The number of anilines is 1. The number of carbonyl (C=O) groups is 2. The average molecular weight is 515 g/mol. The molecule has 184 valence electrons. The number of sulfonamides is 1. The normalized spacial score (nSPS) is 14.5. The zero-order chi connectivity index (χ0) is 24.7. The lowest BCUT2D eigenvalue weighted by Crippen LogP contribution is -2.35. The predicted molar refractivity (Wildman–Crippen MR) is 131 cm³/mol. The van der Waals surface area contributed by atoms with E-state index in [9.17, 15) is 18.0 Å². The highest BCUT2D eigenvalue weighted by Gasteiger charge is 2.28. The van der Waals surface area contributed by atoms with Crippen molar-refractivity contribution in [2.75, 3.05) is 12.4 Å². The van der Waals surface area contributed by atoms with E-state index in [1.54, 1.807) is 13.2 Å². The van der Waals surface area contributed by atoms with Crippen molar-refractivity contribution < 1.29 is 18.0 Å². The number of urea groups is 1. The lowest BCUT2D eigenvalue weighted by atomic mass is 9.99. The van der Waals surface area contributed by atoms with E-state index in [1.165, 1.54) is 45.2 Å². The van der Waals surface area contributed by atoms with Gasteiger partial charge in [-0.15, -0.1) is 11.3 Å². The Morgan fingerprint density at radius 1 is 1.11 bits per heavy atom. The van der Waals surface area contributed by atoms with Gasteiger partial charge in [0.2, 0.25) is 0 Å². The molecule has 0 aliphatic heterocycles. The van der Waals surface area contributed by atoms with Gasteiger partial charge in [0.1, 0.15) is 10.7 Å². The molecule has 1 aromatic carbocycles. The summed E-state index contributed by atoms with van der Waals surface area (Å²) in [6.45, 7) is 0.288. The van der Waals surface area contributed by atoms with Crippen LogP contribution in [0.5, 0.6) is 0 Å². The number of hydrogen-bond acceptors (Lipinski definition) is 7. The van der Waals surface area contributed by atoms with Crippen molar-refractivity contribution in [1.82, 2.24) is 24.4 Å². The number of carbonyl (C=O) groups excluding carboxylic acids is 2. The molecule has 0 bridgehead atoms. The van der Waals surface area contributed by atoms with Gasteiger partial charge in [0.05, 0.1) is 6.54 Å². The van der Waals surface area contributed by atoms with Gasteiger partial charge in [0.15, 0.2) is 5.03 Å². The number of aryl methyl sites for hydroxylation is 3. The second-order valence-electron chi connectivity index (χ2n) is 8.87. The van der Waals surface area contributed by atoms with Gasteiger partial charge >= 0.3 is 6.03 Å². The van der Waals surface area contributed by atoms with Crippen LogP contribution in [-0.2, 0) is 49.3 Å². The van der Waals surface area contributed by atoms with Gasteiger partial charge in [-0.05, 0) is 60.8 Å². The second-order valence-corrected chi connectivity index (χ2v) is 11.5. The van der Waals surface area contributed by atoms with Gasteiger partial charge in [-0.1, -0.05) is 6.07 Å². The van der Waals surface area contributed by atoms with Gasteiger partial charge in [-0.3, -0.25) is 9.48 Å². The molecule has 10 nitrogen and oxygen atoms in total. The van der Waals surface area contributed by atoms with Crippen molar-refractivity contribution in [3.63, 3.8) is 0 Å². The molecule has 0 saturated carbocycles. The highest BCUT2D eigenvalue weighted by molar-refractivity contribution is 7.90. The summed E-state index contributed by atoms with van der Waals surface area (Å²) in [5.41, 5.74) is 5.51. The van der Waals surface area contributed by atoms with Crippen LogP contribution in [0, 0.1) is 0 Å². The fourth-order valence-corrected chi connectivity index (χ4v) is 6.42. The number of aromatic nitrogens is 3. The molecular formula is C23H26N6O4S2. The Kier molecular flexibility index (Phi) is 6.09. The molecule has 35 heavy (non-hydrogen) atoms. The minimum absolute atomic E-state index is 0.0866. The van der Waals surface area contributed by atoms with Crippen molar-refractivity contribution in [2.45, 2.75) is 50.1 Å². The Hall–Kier alpha value is -3.25. The molecule has 0 saturated heterocycles. The van der Waals surface area contributed by atoms with E-state index in [-0.39, 0.29) is 12.2 Å². The second kappa shape index (κ2) is 9.08. The molecule has 2 N–H and O–H groups in total. The maximum atomic E-state index is 12.9. The topological polar surface area (TPSA) is 126 Å². The summed E-state index contributed by atoms with van der Waals surface area (Å²) in [6.07, 6.45) is 7.37. The highest BCUT2D eigenvalue weighted by atomic mass is 32.2. The lowest BCUT2D eigenvalue weighted by Gasteiger charge is -2.16. The van der Waals surface area contributed by atoms with Crippen LogP contribution in [0.2, 0.25) is 0 Å². The van der Waals surface area contributed by atoms with Crippen LogP contribution < -0.4 is 10.0 Å². The summed E-state index contributed by atoms with van der Waals surface area (Å²) in [5, 5.41) is 8.97. The lowest BCUT2D eigenvalue weighted by molar-refractivity contribution is 0.0774. The predicted octanol–water partition coefficient (Wildman–Crippen LogP) is 2.64. The third-order valence-corrected chi connectivity index (χ3v) is 8.46. The smallest absolute Gasteiger partial charge is 0.333 e. The maximum Gasteiger partial charge on any atom is 0.333 e. The Balaban J connectivity index is 1.32. The number of hydrogen-bond donors (Lipinski definition) is 2. The van der Waals surface area contributed by atoms with E-state index < -0.39 is 27.0 Å². The molecule has 5 rings (SSSR count). The summed E-state index contributed by atoms with van der Waals surface area (Å²) < 4.78 is 29.1. The summed E-state index contributed by atoms with van der Waals surface area (Å²) in [7, 11) is -1.20. The molecular weight excluding hydrogens is 488 g/mol. The SMILES string of the molecule is CN(Cc1nccs1)C(=O)c1cc(S(=O)(=O)NC(=O)Nc2c3c(cc4c2CCC4)CCC3)nn1C. The molecule has 0 radical (unpaired) electrons. The molecule has 0 spiro atoms. The first-order chi connectivity index (χ1) is 16.7. The average Bonchev–Trinajstić information content (AvgIpc) is 3.59. The van der Waals surface area contributed by atoms with Crippen molar-refractivity contribution in [3.05, 3.63) is 56.7 Å². The first-order valence-corrected chi connectivity index (χ1v) is 13.8. The largest absolute Gasteiger partial charge is 0.334 e. The Morgan fingerprint density at radius 2 is 1.80 bits per heavy atom. The first-order valence-electron chi connectivity index (χ1n) is 11.4. The Morgan fingerprint density at radius 3 is 2.43 bits per heavy atom. The van der Waals surface area contributed by atoms with Crippen LogP contribution in [0.25, 0.3) is 0 Å². The van der Waals surface area contributed by atoms with E-state index in [0.717, 1.165) is 60.3 Å². The molecule has 0 atom stereocenters. The van der Waals surface area contributed by atoms with Crippen molar-refractivity contribution in [2.24, 2.45) is 7.05 Å². The zero-order valence-electron chi connectivity index (χ0n) is 19.5. The van der Waals surface area contributed by atoms with E-state index in [0.29, 0.717) is 0 Å². The maximum absolute atomic E-state index is 12.9. The third-order valence-electron chi connectivity index (χ3n) is 6.49. The summed E-state index contributed by atoms with van der Waals surface area (Å²) >= 11 is 1.42. The van der Waals surface area contributed by atoms with E-state index in [2.05, 4.69) is 26.2 Å². The van der Waals surface area contributed by atoms with Gasteiger partial charge in [0, 0.05) is 37.4 Å². The number of nitrogens with zero attached hydrogens (tertiary/aromatic N) is 4. The number of thiazole rings is 1. The van der Waals surface area contributed by atoms with E-state index >= 15 is 0 Å². The van der Waals surface area contributed by atoms with Crippen LogP contribution in [0.1, 0.15) is 50.6 Å². The first kappa shape index (κ1) is 23.5. The molecule has 3 aromatic rings. The molecule has 2 aromatic heterocycles. The summed E-state index contributed by atoms with van der Waals surface area (Å²) in [6, 6.07) is 2.58. The van der Waals surface area contributed by atoms with Gasteiger partial charge in [-0.2, -0.15) is 13.5 Å². The number of rotatable bonds is 6. The molecule has 0 unspecified atom stereocenters. The minimum atomic E-state index is -4.29. The quantitative estimate of drug-likeness (QED) is 0.521. The molecule has 3 amide bonds. The Labute approximate surface area is 207 Å². The molecule has 0 fully saturated rings. The molecule has 2 aliphatic carbocycles. The van der Waals surface area contributed by atoms with Gasteiger partial charge < -0.3 is 10.2 Å². The summed E-state index contributed by atoms with van der Waals surface area (Å²) in [5.74, 6) is -0.406. The van der Waals surface area contributed by atoms with Crippen molar-refractivity contribution in [1.29, 1.82) is 0 Å². The standard InChI is InChI=1S/C23H26N6O4S2/c1-28(13-19-24-9-10-34-19)22(30)18-12-20(26-29(18)2)35(32,33)27-23(31)25-21-16-7-3-5-14(16)11-15-6-4-8-17(15)21/h9-12H,3-8,13H2,1-2H3,(H2,25,27,31). The number of fused-ring (bicyclic) bond motifs is 2. The molecule has 2 aliphatic rings. The zero-order valence-corrected chi connectivity index (χ0v) is 21.1. The van der Waals surface area contributed by atoms with Crippen LogP contribution in [-0.4, -0.2) is 47.1 Å².